The monoisotopic (exact) mass is 253 g/mol. The molecule has 0 amide bonds. The lowest BCUT2D eigenvalue weighted by Crippen LogP contribution is -2.19. The second kappa shape index (κ2) is 3.80. The maximum atomic E-state index is 11.9. The number of nitrogens with zero attached hydrogens (tertiary/aromatic N) is 1. The summed E-state index contributed by atoms with van der Waals surface area (Å²) < 4.78 is 23.7. The molecule has 1 saturated carbocycles. The lowest BCUT2D eigenvalue weighted by molar-refractivity contribution is 0.555. The van der Waals surface area contributed by atoms with E-state index in [9.17, 15) is 8.42 Å². The number of sulfone groups is 1. The Balaban J connectivity index is 2.72. The SMILES string of the molecule is CC(C)(C)c1c(C2CC2)cncc1S(C)(=O)=O. The van der Waals surface area contributed by atoms with Gasteiger partial charge in [0, 0.05) is 18.6 Å². The van der Waals surface area contributed by atoms with E-state index in [2.05, 4.69) is 25.8 Å². The average Bonchev–Trinajstić information content (AvgIpc) is 2.96. The Bertz CT molecular complexity index is 537. The van der Waals surface area contributed by atoms with Crippen LogP contribution in [-0.4, -0.2) is 19.7 Å². The first-order valence-electron chi connectivity index (χ1n) is 5.89. The molecule has 0 aliphatic heterocycles. The fourth-order valence-electron chi connectivity index (χ4n) is 2.24. The molecule has 0 N–H and O–H groups in total. The fourth-order valence-corrected chi connectivity index (χ4v) is 3.29. The van der Waals surface area contributed by atoms with E-state index in [1.165, 1.54) is 12.5 Å². The van der Waals surface area contributed by atoms with E-state index < -0.39 is 9.84 Å². The lowest BCUT2D eigenvalue weighted by atomic mass is 9.83. The second-order valence-corrected chi connectivity index (χ2v) is 7.88. The fraction of sp³-hybridized carbons (Fsp3) is 0.615. The zero-order chi connectivity index (χ0) is 12.8. The van der Waals surface area contributed by atoms with Crippen LogP contribution in [0.15, 0.2) is 17.3 Å². The van der Waals surface area contributed by atoms with E-state index in [1.807, 2.05) is 6.20 Å². The molecule has 0 atom stereocenters. The van der Waals surface area contributed by atoms with Crippen molar-refractivity contribution >= 4 is 9.84 Å². The molecule has 0 saturated heterocycles. The van der Waals surface area contributed by atoms with Gasteiger partial charge in [-0.2, -0.15) is 0 Å². The van der Waals surface area contributed by atoms with Crippen LogP contribution in [0.3, 0.4) is 0 Å². The number of hydrogen-bond acceptors (Lipinski definition) is 3. The number of aromatic nitrogens is 1. The van der Waals surface area contributed by atoms with Crippen LogP contribution in [0, 0.1) is 0 Å². The Hall–Kier alpha value is -0.900. The average molecular weight is 253 g/mol. The highest BCUT2D eigenvalue weighted by Gasteiger charge is 2.33. The quantitative estimate of drug-likeness (QED) is 0.814. The van der Waals surface area contributed by atoms with Gasteiger partial charge in [-0.3, -0.25) is 4.98 Å². The van der Waals surface area contributed by atoms with Crippen molar-refractivity contribution in [2.75, 3.05) is 6.26 Å². The van der Waals surface area contributed by atoms with Gasteiger partial charge < -0.3 is 0 Å². The van der Waals surface area contributed by atoms with E-state index >= 15 is 0 Å². The van der Waals surface area contributed by atoms with Crippen LogP contribution in [0.4, 0.5) is 0 Å². The normalized spacial score (nSPS) is 17.2. The Morgan fingerprint density at radius 3 is 2.24 bits per heavy atom. The van der Waals surface area contributed by atoms with Crippen LogP contribution in [0.5, 0.6) is 0 Å². The molecule has 1 aliphatic carbocycles. The summed E-state index contributed by atoms with van der Waals surface area (Å²) in [6, 6.07) is 0. The van der Waals surface area contributed by atoms with Crippen molar-refractivity contribution in [3.63, 3.8) is 0 Å². The molecule has 0 spiro atoms. The van der Waals surface area contributed by atoms with Crippen LogP contribution in [-0.2, 0) is 15.3 Å². The van der Waals surface area contributed by atoms with Crippen molar-refractivity contribution in [2.45, 2.75) is 49.8 Å². The van der Waals surface area contributed by atoms with E-state index in [0.29, 0.717) is 10.8 Å². The van der Waals surface area contributed by atoms with E-state index in [1.54, 1.807) is 0 Å². The predicted octanol–water partition coefficient (Wildman–Crippen LogP) is 2.66. The molecule has 3 nitrogen and oxygen atoms in total. The zero-order valence-corrected chi connectivity index (χ0v) is 11.6. The molecular weight excluding hydrogens is 234 g/mol. The predicted molar refractivity (Wildman–Crippen MR) is 68.0 cm³/mol. The standard InChI is InChI=1S/C13H19NO2S/c1-13(2,3)12-10(9-5-6-9)7-14-8-11(12)17(4,15)16/h7-9H,5-6H2,1-4H3. The third-order valence-corrected chi connectivity index (χ3v) is 4.22. The van der Waals surface area contributed by atoms with E-state index in [-0.39, 0.29) is 5.41 Å². The molecular formula is C13H19NO2S. The van der Waals surface area contributed by atoms with Crippen LogP contribution in [0.25, 0.3) is 0 Å². The summed E-state index contributed by atoms with van der Waals surface area (Å²) >= 11 is 0. The number of rotatable bonds is 2. The summed E-state index contributed by atoms with van der Waals surface area (Å²) in [6.07, 6.45) is 6.89. The first kappa shape index (κ1) is 12.6. The molecule has 1 aromatic rings. The van der Waals surface area contributed by atoms with Crippen LogP contribution < -0.4 is 0 Å². The van der Waals surface area contributed by atoms with Crippen LogP contribution in [0.1, 0.15) is 50.7 Å². The van der Waals surface area contributed by atoms with Gasteiger partial charge in [0.2, 0.25) is 0 Å². The second-order valence-electron chi connectivity index (χ2n) is 5.90. The Kier molecular flexibility index (Phi) is 2.81. The number of pyridine rings is 1. The third-order valence-electron chi connectivity index (χ3n) is 3.11. The minimum atomic E-state index is -3.21. The van der Waals surface area contributed by atoms with Gasteiger partial charge in [-0.15, -0.1) is 0 Å². The van der Waals surface area contributed by atoms with Gasteiger partial charge in [0.25, 0.3) is 0 Å². The van der Waals surface area contributed by atoms with Gasteiger partial charge >= 0.3 is 0 Å². The smallest absolute Gasteiger partial charge is 0.177 e. The van der Waals surface area contributed by atoms with Gasteiger partial charge in [0.05, 0.1) is 4.90 Å². The van der Waals surface area contributed by atoms with Crippen LogP contribution in [0.2, 0.25) is 0 Å². The van der Waals surface area contributed by atoms with Crippen molar-refractivity contribution < 1.29 is 8.42 Å². The van der Waals surface area contributed by atoms with Gasteiger partial charge in [0.1, 0.15) is 0 Å². The van der Waals surface area contributed by atoms with Crippen molar-refractivity contribution in [1.29, 1.82) is 0 Å². The minimum Gasteiger partial charge on any atom is -0.263 e. The van der Waals surface area contributed by atoms with Crippen molar-refractivity contribution in [3.05, 3.63) is 23.5 Å². The molecule has 0 aromatic carbocycles. The molecule has 1 fully saturated rings. The van der Waals surface area contributed by atoms with Crippen molar-refractivity contribution in [2.24, 2.45) is 0 Å². The highest BCUT2D eigenvalue weighted by molar-refractivity contribution is 7.90. The molecule has 17 heavy (non-hydrogen) atoms. The maximum absolute atomic E-state index is 11.9. The maximum Gasteiger partial charge on any atom is 0.177 e. The topological polar surface area (TPSA) is 47.0 Å². The Morgan fingerprint density at radius 1 is 1.24 bits per heavy atom. The number of hydrogen-bond donors (Lipinski definition) is 0. The van der Waals surface area contributed by atoms with E-state index in [4.69, 9.17) is 0 Å². The highest BCUT2D eigenvalue weighted by atomic mass is 32.2. The van der Waals surface area contributed by atoms with Gasteiger partial charge in [-0.1, -0.05) is 20.8 Å². The van der Waals surface area contributed by atoms with Gasteiger partial charge in [-0.25, -0.2) is 8.42 Å². The first-order chi connectivity index (χ1) is 7.71. The molecule has 0 unspecified atom stereocenters. The highest BCUT2D eigenvalue weighted by Crippen LogP contribution is 2.45. The summed E-state index contributed by atoms with van der Waals surface area (Å²) in [5.41, 5.74) is 1.91. The van der Waals surface area contributed by atoms with Crippen molar-refractivity contribution in [3.8, 4) is 0 Å². The van der Waals surface area contributed by atoms with Gasteiger partial charge in [0.15, 0.2) is 9.84 Å². The minimum absolute atomic E-state index is 0.167. The molecule has 0 radical (unpaired) electrons. The molecule has 1 aromatic heterocycles. The lowest BCUT2D eigenvalue weighted by Gasteiger charge is -2.25. The van der Waals surface area contributed by atoms with Crippen LogP contribution >= 0.6 is 0 Å². The Morgan fingerprint density at radius 2 is 1.82 bits per heavy atom. The molecule has 0 bridgehead atoms. The summed E-state index contributed by atoms with van der Waals surface area (Å²) in [5.74, 6) is 0.512. The summed E-state index contributed by atoms with van der Waals surface area (Å²) in [4.78, 5) is 4.50. The molecule has 2 rings (SSSR count). The Labute approximate surface area is 103 Å². The first-order valence-corrected chi connectivity index (χ1v) is 7.79. The third kappa shape index (κ3) is 2.51. The zero-order valence-electron chi connectivity index (χ0n) is 10.8. The van der Waals surface area contributed by atoms with Gasteiger partial charge in [-0.05, 0) is 35.3 Å². The van der Waals surface area contributed by atoms with E-state index in [0.717, 1.165) is 24.0 Å². The largest absolute Gasteiger partial charge is 0.263 e. The van der Waals surface area contributed by atoms with Crippen molar-refractivity contribution in [1.82, 2.24) is 4.98 Å². The summed E-state index contributed by atoms with van der Waals surface area (Å²) in [5, 5.41) is 0. The summed E-state index contributed by atoms with van der Waals surface area (Å²) in [7, 11) is -3.21. The molecule has 4 heteroatoms. The summed E-state index contributed by atoms with van der Waals surface area (Å²) in [6.45, 7) is 6.18. The molecule has 94 valence electrons. The molecule has 1 heterocycles. The molecule has 1 aliphatic rings.